The number of aliphatic hydroxyl groups excluding tert-OH is 1. The van der Waals surface area contributed by atoms with E-state index in [4.69, 9.17) is 5.73 Å². The number of likely N-dealkylation sites (N-methyl/N-ethyl adjacent to an activating group) is 1. The molecule has 1 aromatic carbocycles. The zero-order valence-electron chi connectivity index (χ0n) is 8.86. The lowest BCUT2D eigenvalue weighted by molar-refractivity contribution is 0.129. The van der Waals surface area contributed by atoms with E-state index in [1.54, 1.807) is 18.2 Å². The third-order valence-electron chi connectivity index (χ3n) is 2.19. The van der Waals surface area contributed by atoms with Crippen LogP contribution in [0.4, 0.5) is 4.39 Å². The number of halogens is 1. The summed E-state index contributed by atoms with van der Waals surface area (Å²) in [5, 5.41) is 9.32. The molecule has 1 unspecified atom stereocenters. The van der Waals surface area contributed by atoms with Crippen molar-refractivity contribution in [3.63, 3.8) is 0 Å². The minimum Gasteiger partial charge on any atom is -0.390 e. The average Bonchev–Trinajstić information content (AvgIpc) is 2.21. The lowest BCUT2D eigenvalue weighted by Gasteiger charge is -2.19. The van der Waals surface area contributed by atoms with Gasteiger partial charge in [0.2, 0.25) is 0 Å². The Morgan fingerprint density at radius 3 is 2.73 bits per heavy atom. The maximum absolute atomic E-state index is 13.3. The van der Waals surface area contributed by atoms with Crippen LogP contribution >= 0.6 is 0 Å². The number of hydrogen-bond acceptors (Lipinski definition) is 3. The minimum atomic E-state index is -0.554. The fraction of sp³-hybridized carbons (Fsp3) is 0.455. The van der Waals surface area contributed by atoms with Crippen molar-refractivity contribution in [3.05, 3.63) is 35.6 Å². The van der Waals surface area contributed by atoms with Crippen LogP contribution in [0, 0.1) is 5.82 Å². The van der Waals surface area contributed by atoms with E-state index in [0.29, 0.717) is 18.7 Å². The van der Waals surface area contributed by atoms with Gasteiger partial charge in [-0.1, -0.05) is 18.2 Å². The number of benzene rings is 1. The van der Waals surface area contributed by atoms with Gasteiger partial charge in [0.25, 0.3) is 0 Å². The molecule has 0 amide bonds. The Labute approximate surface area is 89.3 Å². The predicted molar refractivity (Wildman–Crippen MR) is 57.8 cm³/mol. The Kier molecular flexibility index (Phi) is 4.68. The number of rotatable bonds is 5. The molecule has 0 bridgehead atoms. The van der Waals surface area contributed by atoms with Crippen LogP contribution in [-0.2, 0) is 6.54 Å². The molecule has 0 radical (unpaired) electrons. The molecule has 0 aromatic heterocycles. The summed E-state index contributed by atoms with van der Waals surface area (Å²) in [5.41, 5.74) is 5.92. The minimum absolute atomic E-state index is 0.216. The third-order valence-corrected chi connectivity index (χ3v) is 2.19. The van der Waals surface area contributed by atoms with Crippen molar-refractivity contribution in [1.29, 1.82) is 0 Å². The monoisotopic (exact) mass is 212 g/mol. The van der Waals surface area contributed by atoms with E-state index in [9.17, 15) is 9.50 Å². The van der Waals surface area contributed by atoms with Crippen molar-refractivity contribution in [2.75, 3.05) is 20.1 Å². The Hall–Kier alpha value is -0.970. The fourth-order valence-electron chi connectivity index (χ4n) is 1.42. The highest BCUT2D eigenvalue weighted by atomic mass is 19.1. The zero-order chi connectivity index (χ0) is 11.3. The van der Waals surface area contributed by atoms with Crippen LogP contribution in [0.5, 0.6) is 0 Å². The molecule has 4 heteroatoms. The SMILES string of the molecule is CN(Cc1ccccc1F)CC(O)CN. The zero-order valence-corrected chi connectivity index (χ0v) is 8.86. The van der Waals surface area contributed by atoms with E-state index >= 15 is 0 Å². The van der Waals surface area contributed by atoms with Gasteiger partial charge < -0.3 is 10.8 Å². The molecule has 3 N–H and O–H groups in total. The first-order valence-electron chi connectivity index (χ1n) is 4.93. The molecular weight excluding hydrogens is 195 g/mol. The molecular formula is C11H17FN2O. The van der Waals surface area contributed by atoms with Crippen LogP contribution in [0.1, 0.15) is 5.56 Å². The van der Waals surface area contributed by atoms with Gasteiger partial charge in [0.05, 0.1) is 6.10 Å². The van der Waals surface area contributed by atoms with Gasteiger partial charge in [-0.15, -0.1) is 0 Å². The molecule has 0 aliphatic carbocycles. The Bertz CT molecular complexity index is 306. The normalized spacial score (nSPS) is 13.1. The second-order valence-electron chi connectivity index (χ2n) is 3.68. The summed E-state index contributed by atoms with van der Waals surface area (Å²) in [7, 11) is 1.82. The lowest BCUT2D eigenvalue weighted by Crippen LogP contribution is -2.33. The molecule has 0 saturated heterocycles. The topological polar surface area (TPSA) is 49.5 Å². The highest BCUT2D eigenvalue weighted by Crippen LogP contribution is 2.08. The van der Waals surface area contributed by atoms with Gasteiger partial charge in [0.15, 0.2) is 0 Å². The van der Waals surface area contributed by atoms with E-state index in [1.807, 2.05) is 11.9 Å². The average molecular weight is 212 g/mol. The molecule has 0 heterocycles. The molecule has 1 atom stereocenters. The Morgan fingerprint density at radius 1 is 1.47 bits per heavy atom. The van der Waals surface area contributed by atoms with Gasteiger partial charge in [0.1, 0.15) is 5.82 Å². The van der Waals surface area contributed by atoms with Crippen LogP contribution in [0.25, 0.3) is 0 Å². The Morgan fingerprint density at radius 2 is 2.13 bits per heavy atom. The number of aliphatic hydroxyl groups is 1. The molecule has 0 aliphatic rings. The van der Waals surface area contributed by atoms with Crippen molar-refractivity contribution >= 4 is 0 Å². The van der Waals surface area contributed by atoms with Crippen molar-refractivity contribution < 1.29 is 9.50 Å². The molecule has 1 aromatic rings. The fourth-order valence-corrected chi connectivity index (χ4v) is 1.42. The summed E-state index contributed by atoms with van der Waals surface area (Å²) in [6, 6.07) is 6.63. The summed E-state index contributed by atoms with van der Waals surface area (Å²) in [4.78, 5) is 1.84. The highest BCUT2D eigenvalue weighted by molar-refractivity contribution is 5.16. The van der Waals surface area contributed by atoms with Gasteiger partial charge >= 0.3 is 0 Å². The highest BCUT2D eigenvalue weighted by Gasteiger charge is 2.08. The molecule has 0 saturated carbocycles. The molecule has 0 spiro atoms. The van der Waals surface area contributed by atoms with Crippen LogP contribution < -0.4 is 5.73 Å². The summed E-state index contributed by atoms with van der Waals surface area (Å²) < 4.78 is 13.3. The van der Waals surface area contributed by atoms with Crippen molar-refractivity contribution in [1.82, 2.24) is 4.90 Å². The van der Waals surface area contributed by atoms with E-state index in [1.165, 1.54) is 6.07 Å². The van der Waals surface area contributed by atoms with Gasteiger partial charge in [-0.05, 0) is 13.1 Å². The first-order valence-corrected chi connectivity index (χ1v) is 4.93. The predicted octanol–water partition coefficient (Wildman–Crippen LogP) is 0.577. The summed E-state index contributed by atoms with van der Waals surface area (Å²) in [5.74, 6) is -0.216. The van der Waals surface area contributed by atoms with Crippen LogP contribution in [0.15, 0.2) is 24.3 Å². The van der Waals surface area contributed by atoms with Crippen molar-refractivity contribution in [3.8, 4) is 0 Å². The first-order chi connectivity index (χ1) is 7.13. The summed E-state index contributed by atoms with van der Waals surface area (Å²) in [6.07, 6.45) is -0.554. The second-order valence-corrected chi connectivity index (χ2v) is 3.68. The van der Waals surface area contributed by atoms with Gasteiger partial charge in [0, 0.05) is 25.2 Å². The van der Waals surface area contributed by atoms with Gasteiger partial charge in [-0.25, -0.2) is 4.39 Å². The molecule has 0 aliphatic heterocycles. The smallest absolute Gasteiger partial charge is 0.127 e. The molecule has 15 heavy (non-hydrogen) atoms. The number of hydrogen-bond donors (Lipinski definition) is 2. The third kappa shape index (κ3) is 3.95. The largest absolute Gasteiger partial charge is 0.390 e. The number of nitrogens with two attached hydrogens (primary N) is 1. The van der Waals surface area contributed by atoms with Crippen LogP contribution in [0.2, 0.25) is 0 Å². The molecule has 84 valence electrons. The van der Waals surface area contributed by atoms with E-state index in [2.05, 4.69) is 0 Å². The van der Waals surface area contributed by atoms with E-state index in [0.717, 1.165) is 0 Å². The maximum Gasteiger partial charge on any atom is 0.127 e. The molecule has 3 nitrogen and oxygen atoms in total. The van der Waals surface area contributed by atoms with Crippen LogP contribution in [0.3, 0.4) is 0 Å². The van der Waals surface area contributed by atoms with E-state index in [-0.39, 0.29) is 12.4 Å². The Balaban J connectivity index is 2.51. The quantitative estimate of drug-likeness (QED) is 0.750. The maximum atomic E-state index is 13.3. The second kappa shape index (κ2) is 5.80. The van der Waals surface area contributed by atoms with E-state index < -0.39 is 6.10 Å². The number of nitrogens with zero attached hydrogens (tertiary/aromatic N) is 1. The summed E-state index contributed by atoms with van der Waals surface area (Å²) >= 11 is 0. The first kappa shape index (κ1) is 12.1. The standard InChI is InChI=1S/C11H17FN2O/c1-14(8-10(15)6-13)7-9-4-2-3-5-11(9)12/h2-5,10,15H,6-8,13H2,1H3. The van der Waals surface area contributed by atoms with Gasteiger partial charge in [-0.3, -0.25) is 4.90 Å². The molecule has 0 fully saturated rings. The molecule has 1 rings (SSSR count). The van der Waals surface area contributed by atoms with Gasteiger partial charge in [-0.2, -0.15) is 0 Å². The van der Waals surface area contributed by atoms with Crippen LogP contribution in [-0.4, -0.2) is 36.2 Å². The summed E-state index contributed by atoms with van der Waals surface area (Å²) in [6.45, 7) is 1.15. The van der Waals surface area contributed by atoms with Crippen molar-refractivity contribution in [2.24, 2.45) is 5.73 Å². The van der Waals surface area contributed by atoms with Crippen molar-refractivity contribution in [2.45, 2.75) is 12.6 Å². The lowest BCUT2D eigenvalue weighted by atomic mass is 10.2.